The van der Waals surface area contributed by atoms with E-state index < -0.39 is 17.8 Å². The molecule has 0 unspecified atom stereocenters. The van der Waals surface area contributed by atoms with Gasteiger partial charge in [0.05, 0.1) is 29.1 Å². The van der Waals surface area contributed by atoms with Crippen LogP contribution in [0.25, 0.3) is 0 Å². The quantitative estimate of drug-likeness (QED) is 0.464. The molecule has 2 aromatic rings. The van der Waals surface area contributed by atoms with Crippen LogP contribution in [0.5, 0.6) is 0 Å². The van der Waals surface area contributed by atoms with Gasteiger partial charge in [0.15, 0.2) is 0 Å². The molecule has 0 aliphatic rings. The molecule has 0 aliphatic heterocycles. The smallest absolute Gasteiger partial charge is 0.340 e. The lowest BCUT2D eigenvalue weighted by Gasteiger charge is -2.11. The number of rotatable bonds is 6. The second kappa shape index (κ2) is 9.73. The standard InChI is InChI=1S/C20H19N3O4/c1-2-3-12-27-20(26)15-9-5-7-11-17(15)23-19(25)18(24)22-16-10-6-4-8-14(16)13-21/h4-11H,2-3,12H2,1H3,(H,22,24)(H,23,25). The Morgan fingerprint density at radius 2 is 1.56 bits per heavy atom. The average molecular weight is 365 g/mol. The second-order valence-corrected chi connectivity index (χ2v) is 5.60. The molecule has 0 spiro atoms. The Bertz CT molecular complexity index is 887. The number of carbonyl (C=O) groups is 3. The van der Waals surface area contributed by atoms with Gasteiger partial charge < -0.3 is 15.4 Å². The van der Waals surface area contributed by atoms with Crippen molar-refractivity contribution in [3.63, 3.8) is 0 Å². The zero-order valence-electron chi connectivity index (χ0n) is 14.8. The number of unbranched alkanes of at least 4 members (excludes halogenated alkanes) is 1. The first-order valence-corrected chi connectivity index (χ1v) is 8.44. The Morgan fingerprint density at radius 1 is 0.963 bits per heavy atom. The number of para-hydroxylation sites is 2. The molecule has 2 N–H and O–H groups in total. The molecule has 0 aromatic heterocycles. The fourth-order valence-corrected chi connectivity index (χ4v) is 2.20. The van der Waals surface area contributed by atoms with Gasteiger partial charge in [-0.1, -0.05) is 37.6 Å². The van der Waals surface area contributed by atoms with Gasteiger partial charge in [0.1, 0.15) is 6.07 Å². The van der Waals surface area contributed by atoms with Crippen LogP contribution in [0, 0.1) is 11.3 Å². The van der Waals surface area contributed by atoms with E-state index in [4.69, 9.17) is 10.00 Å². The van der Waals surface area contributed by atoms with Crippen LogP contribution in [0.2, 0.25) is 0 Å². The third-order valence-electron chi connectivity index (χ3n) is 3.63. The van der Waals surface area contributed by atoms with Crippen LogP contribution < -0.4 is 10.6 Å². The van der Waals surface area contributed by atoms with E-state index >= 15 is 0 Å². The minimum absolute atomic E-state index is 0.159. The molecule has 0 saturated carbocycles. The van der Waals surface area contributed by atoms with Crippen LogP contribution >= 0.6 is 0 Å². The van der Waals surface area contributed by atoms with E-state index in [1.807, 2.05) is 13.0 Å². The number of ether oxygens (including phenoxy) is 1. The van der Waals surface area contributed by atoms with Crippen molar-refractivity contribution in [1.82, 2.24) is 0 Å². The van der Waals surface area contributed by atoms with Gasteiger partial charge in [0.25, 0.3) is 0 Å². The molecular formula is C20H19N3O4. The number of hydrogen-bond acceptors (Lipinski definition) is 5. The lowest BCUT2D eigenvalue weighted by atomic mass is 10.1. The fraction of sp³-hybridized carbons (Fsp3) is 0.200. The number of hydrogen-bond donors (Lipinski definition) is 2. The van der Waals surface area contributed by atoms with Crippen molar-refractivity contribution in [2.24, 2.45) is 0 Å². The van der Waals surface area contributed by atoms with E-state index in [-0.39, 0.29) is 29.1 Å². The molecule has 0 bridgehead atoms. The largest absolute Gasteiger partial charge is 0.462 e. The molecule has 2 rings (SSSR count). The highest BCUT2D eigenvalue weighted by molar-refractivity contribution is 6.44. The predicted octanol–water partition coefficient (Wildman–Crippen LogP) is 3.09. The minimum Gasteiger partial charge on any atom is -0.462 e. The summed E-state index contributed by atoms with van der Waals surface area (Å²) in [5.74, 6) is -2.49. The minimum atomic E-state index is -0.962. The summed E-state index contributed by atoms with van der Waals surface area (Å²) >= 11 is 0. The summed E-state index contributed by atoms with van der Waals surface area (Å²) in [6, 6.07) is 14.5. The molecule has 0 radical (unpaired) electrons. The third kappa shape index (κ3) is 5.41. The van der Waals surface area contributed by atoms with E-state index in [2.05, 4.69) is 10.6 Å². The molecule has 138 valence electrons. The first-order valence-electron chi connectivity index (χ1n) is 8.44. The maximum atomic E-state index is 12.2. The topological polar surface area (TPSA) is 108 Å². The maximum Gasteiger partial charge on any atom is 0.340 e. The SMILES string of the molecule is CCCCOC(=O)c1ccccc1NC(=O)C(=O)Nc1ccccc1C#N. The number of esters is 1. The number of amides is 2. The molecule has 0 aliphatic carbocycles. The molecular weight excluding hydrogens is 346 g/mol. The van der Waals surface area contributed by atoms with Crippen molar-refractivity contribution in [3.8, 4) is 6.07 Å². The molecule has 0 atom stereocenters. The van der Waals surface area contributed by atoms with Gasteiger partial charge in [-0.3, -0.25) is 9.59 Å². The van der Waals surface area contributed by atoms with Gasteiger partial charge in [-0.15, -0.1) is 0 Å². The first-order chi connectivity index (χ1) is 13.1. The van der Waals surface area contributed by atoms with Crippen LogP contribution in [-0.4, -0.2) is 24.4 Å². The van der Waals surface area contributed by atoms with Crippen molar-refractivity contribution in [2.75, 3.05) is 17.2 Å². The van der Waals surface area contributed by atoms with E-state index in [0.29, 0.717) is 0 Å². The van der Waals surface area contributed by atoms with Gasteiger partial charge in [-0.05, 0) is 30.7 Å². The molecule has 0 saturated heterocycles. The molecule has 2 amide bonds. The van der Waals surface area contributed by atoms with Crippen LogP contribution in [0.4, 0.5) is 11.4 Å². The van der Waals surface area contributed by atoms with Crippen LogP contribution in [0.15, 0.2) is 48.5 Å². The van der Waals surface area contributed by atoms with Crippen molar-refractivity contribution < 1.29 is 19.1 Å². The van der Waals surface area contributed by atoms with Gasteiger partial charge in [-0.25, -0.2) is 4.79 Å². The molecule has 2 aromatic carbocycles. The van der Waals surface area contributed by atoms with Crippen LogP contribution in [-0.2, 0) is 14.3 Å². The Labute approximate surface area is 156 Å². The first kappa shape index (κ1) is 19.7. The highest BCUT2D eigenvalue weighted by Gasteiger charge is 2.19. The predicted molar refractivity (Wildman–Crippen MR) is 100 cm³/mol. The van der Waals surface area contributed by atoms with Crippen molar-refractivity contribution in [1.29, 1.82) is 5.26 Å². The molecule has 0 fully saturated rings. The van der Waals surface area contributed by atoms with E-state index in [9.17, 15) is 14.4 Å². The average Bonchev–Trinajstić information content (AvgIpc) is 2.68. The highest BCUT2D eigenvalue weighted by atomic mass is 16.5. The maximum absolute atomic E-state index is 12.2. The van der Waals surface area contributed by atoms with Crippen molar-refractivity contribution in [3.05, 3.63) is 59.7 Å². The Hall–Kier alpha value is -3.66. The van der Waals surface area contributed by atoms with E-state index in [1.54, 1.807) is 24.3 Å². The summed E-state index contributed by atoms with van der Waals surface area (Å²) < 4.78 is 5.15. The summed E-state index contributed by atoms with van der Waals surface area (Å²) in [5.41, 5.74) is 0.797. The Kier molecular flexibility index (Phi) is 7.08. The summed E-state index contributed by atoms with van der Waals surface area (Å²) in [6.45, 7) is 2.26. The zero-order valence-corrected chi connectivity index (χ0v) is 14.8. The highest BCUT2D eigenvalue weighted by Crippen LogP contribution is 2.17. The summed E-state index contributed by atoms with van der Waals surface area (Å²) in [7, 11) is 0. The fourth-order valence-electron chi connectivity index (χ4n) is 2.20. The summed E-state index contributed by atoms with van der Waals surface area (Å²) in [4.78, 5) is 36.5. The van der Waals surface area contributed by atoms with Crippen LogP contribution in [0.3, 0.4) is 0 Å². The Morgan fingerprint density at radius 3 is 2.22 bits per heavy atom. The molecule has 7 heteroatoms. The lowest BCUT2D eigenvalue weighted by Crippen LogP contribution is -2.30. The zero-order chi connectivity index (χ0) is 19.6. The lowest BCUT2D eigenvalue weighted by molar-refractivity contribution is -0.133. The van der Waals surface area contributed by atoms with Gasteiger partial charge >= 0.3 is 17.8 Å². The summed E-state index contributed by atoms with van der Waals surface area (Å²) in [6.07, 6.45) is 1.62. The van der Waals surface area contributed by atoms with E-state index in [1.165, 1.54) is 24.3 Å². The molecule has 0 heterocycles. The number of nitrogens with zero attached hydrogens (tertiary/aromatic N) is 1. The van der Waals surface area contributed by atoms with Gasteiger partial charge in [-0.2, -0.15) is 5.26 Å². The van der Waals surface area contributed by atoms with Crippen molar-refractivity contribution >= 4 is 29.2 Å². The second-order valence-electron chi connectivity index (χ2n) is 5.60. The number of benzene rings is 2. The number of carbonyl (C=O) groups excluding carboxylic acids is 3. The van der Waals surface area contributed by atoms with Gasteiger partial charge in [0, 0.05) is 0 Å². The normalized spacial score (nSPS) is 9.78. The van der Waals surface area contributed by atoms with Crippen LogP contribution in [0.1, 0.15) is 35.7 Å². The monoisotopic (exact) mass is 365 g/mol. The summed E-state index contributed by atoms with van der Waals surface area (Å²) in [5, 5.41) is 13.8. The number of anilines is 2. The number of nitrogens with one attached hydrogen (secondary N) is 2. The van der Waals surface area contributed by atoms with Crippen molar-refractivity contribution in [2.45, 2.75) is 19.8 Å². The third-order valence-corrected chi connectivity index (χ3v) is 3.63. The van der Waals surface area contributed by atoms with E-state index in [0.717, 1.165) is 12.8 Å². The molecule has 7 nitrogen and oxygen atoms in total. The molecule has 27 heavy (non-hydrogen) atoms. The Balaban J connectivity index is 2.08. The van der Waals surface area contributed by atoms with Gasteiger partial charge in [0.2, 0.25) is 0 Å². The number of nitriles is 1.